The van der Waals surface area contributed by atoms with Crippen LogP contribution in [0.15, 0.2) is 27.7 Å². The number of allylic oxidation sites excluding steroid dienone is 1. The molecule has 1 N–H and O–H groups in total. The highest BCUT2D eigenvalue weighted by atomic mass is 19.1. The second-order valence-corrected chi connectivity index (χ2v) is 3.50. The molecule has 1 aromatic rings. The van der Waals surface area contributed by atoms with Crippen LogP contribution in [0.25, 0.3) is 0 Å². The van der Waals surface area contributed by atoms with Crippen molar-refractivity contribution in [3.05, 3.63) is 44.5 Å². The Kier molecular flexibility index (Phi) is 4.59. The van der Waals surface area contributed by atoms with Crippen molar-refractivity contribution in [3.63, 3.8) is 0 Å². The summed E-state index contributed by atoms with van der Waals surface area (Å²) >= 11 is 0. The van der Waals surface area contributed by atoms with E-state index in [-0.39, 0.29) is 13.2 Å². The van der Waals surface area contributed by atoms with E-state index in [0.717, 1.165) is 10.6 Å². The number of ether oxygens (including phenoxy) is 1. The van der Waals surface area contributed by atoms with Gasteiger partial charge in [0.15, 0.2) is 0 Å². The number of esters is 1. The van der Waals surface area contributed by atoms with Gasteiger partial charge in [0.05, 0.1) is 6.61 Å². The van der Waals surface area contributed by atoms with E-state index < -0.39 is 23.0 Å². The van der Waals surface area contributed by atoms with Gasteiger partial charge in [0.1, 0.15) is 0 Å². The van der Waals surface area contributed by atoms with Crippen LogP contribution in [0.2, 0.25) is 0 Å². The summed E-state index contributed by atoms with van der Waals surface area (Å²) in [6.45, 7) is 2.97. The average Bonchev–Trinajstić information content (AvgIpc) is 2.32. The normalized spacial score (nSPS) is 11.4. The Labute approximate surface area is 102 Å². The molecule has 0 atom stereocenters. The molecule has 0 fully saturated rings. The zero-order valence-corrected chi connectivity index (χ0v) is 10.0. The van der Waals surface area contributed by atoms with Gasteiger partial charge in [-0.1, -0.05) is 0 Å². The highest BCUT2D eigenvalue weighted by molar-refractivity contribution is 5.85. The summed E-state index contributed by atoms with van der Waals surface area (Å²) in [6.07, 6.45) is 2.20. The first-order valence-corrected chi connectivity index (χ1v) is 5.28. The molecule has 98 valence electrons. The third-order valence-corrected chi connectivity index (χ3v) is 2.13. The maximum atomic E-state index is 13.2. The average molecular weight is 256 g/mol. The largest absolute Gasteiger partial charge is 0.461 e. The quantitative estimate of drug-likeness (QED) is 0.619. The van der Waals surface area contributed by atoms with E-state index in [0.29, 0.717) is 5.56 Å². The van der Waals surface area contributed by atoms with Crippen LogP contribution in [-0.4, -0.2) is 22.1 Å². The number of aryl methyl sites for hydroxylation is 1. The maximum Gasteiger partial charge on any atom is 0.366 e. The molecular formula is C11H13FN2O4. The number of hydrogen-bond donors (Lipinski definition) is 1. The molecule has 0 saturated heterocycles. The van der Waals surface area contributed by atoms with Gasteiger partial charge < -0.3 is 4.74 Å². The lowest BCUT2D eigenvalue weighted by molar-refractivity contribution is -0.140. The zero-order valence-electron chi connectivity index (χ0n) is 10.0. The fourth-order valence-corrected chi connectivity index (χ4v) is 1.22. The molecule has 18 heavy (non-hydrogen) atoms. The van der Waals surface area contributed by atoms with E-state index in [2.05, 4.69) is 9.72 Å². The SMILES string of the molecule is CCOC(=O)/C(F)=C\Cn1cc(C)c(=O)[nH]c1=O. The van der Waals surface area contributed by atoms with Gasteiger partial charge in [0.25, 0.3) is 5.56 Å². The van der Waals surface area contributed by atoms with Crippen LogP contribution in [0, 0.1) is 6.92 Å². The number of nitrogens with one attached hydrogen (secondary N) is 1. The van der Waals surface area contributed by atoms with Crippen molar-refractivity contribution in [1.29, 1.82) is 0 Å². The molecule has 6 nitrogen and oxygen atoms in total. The molecule has 0 unspecified atom stereocenters. The molecule has 0 aliphatic carbocycles. The monoisotopic (exact) mass is 256 g/mol. The summed E-state index contributed by atoms with van der Waals surface area (Å²) in [5.41, 5.74) is -0.843. The second-order valence-electron chi connectivity index (χ2n) is 3.50. The number of H-pyrrole nitrogens is 1. The number of aromatic nitrogens is 2. The van der Waals surface area contributed by atoms with E-state index in [1.165, 1.54) is 13.1 Å². The van der Waals surface area contributed by atoms with Crippen molar-refractivity contribution >= 4 is 5.97 Å². The molecule has 0 aromatic carbocycles. The van der Waals surface area contributed by atoms with Crippen LogP contribution in [0.4, 0.5) is 4.39 Å². The zero-order chi connectivity index (χ0) is 13.7. The third-order valence-electron chi connectivity index (χ3n) is 2.13. The minimum Gasteiger partial charge on any atom is -0.461 e. The number of aromatic amines is 1. The van der Waals surface area contributed by atoms with Gasteiger partial charge >= 0.3 is 11.7 Å². The van der Waals surface area contributed by atoms with E-state index in [1.54, 1.807) is 6.92 Å². The molecule has 0 spiro atoms. The number of rotatable bonds is 4. The third kappa shape index (κ3) is 3.41. The van der Waals surface area contributed by atoms with E-state index >= 15 is 0 Å². The summed E-state index contributed by atoms with van der Waals surface area (Å²) in [7, 11) is 0. The molecular weight excluding hydrogens is 243 g/mol. The Hall–Kier alpha value is -2.18. The van der Waals surface area contributed by atoms with Gasteiger partial charge in [-0.05, 0) is 19.9 Å². The first kappa shape index (κ1) is 13.9. The van der Waals surface area contributed by atoms with E-state index in [9.17, 15) is 18.8 Å². The smallest absolute Gasteiger partial charge is 0.366 e. The molecule has 0 saturated carbocycles. The molecule has 0 aliphatic heterocycles. The van der Waals surface area contributed by atoms with Crippen molar-refractivity contribution in [2.24, 2.45) is 0 Å². The highest BCUT2D eigenvalue weighted by Crippen LogP contribution is 2.00. The second kappa shape index (κ2) is 5.95. The van der Waals surface area contributed by atoms with Crippen molar-refractivity contribution in [2.45, 2.75) is 20.4 Å². The Morgan fingerprint density at radius 3 is 2.83 bits per heavy atom. The molecule has 1 aromatic heterocycles. The standard InChI is InChI=1S/C11H13FN2O4/c1-3-18-10(16)8(12)4-5-14-6-7(2)9(15)13-11(14)17/h4,6H,3,5H2,1-2H3,(H,13,15,17)/b8-4+. The summed E-state index contributed by atoms with van der Waals surface area (Å²) in [5.74, 6) is -2.15. The summed E-state index contributed by atoms with van der Waals surface area (Å²) in [4.78, 5) is 35.5. The Morgan fingerprint density at radius 1 is 1.56 bits per heavy atom. The lowest BCUT2D eigenvalue weighted by Crippen LogP contribution is -2.30. The van der Waals surface area contributed by atoms with Crippen molar-refractivity contribution in [2.75, 3.05) is 6.61 Å². The summed E-state index contributed by atoms with van der Waals surface area (Å²) < 4.78 is 18.7. The molecule has 0 aliphatic rings. The van der Waals surface area contributed by atoms with Crippen LogP contribution in [-0.2, 0) is 16.1 Å². The lowest BCUT2D eigenvalue weighted by atomic mass is 10.4. The summed E-state index contributed by atoms with van der Waals surface area (Å²) in [5, 5.41) is 0. The first-order valence-electron chi connectivity index (χ1n) is 5.28. The fourth-order valence-electron chi connectivity index (χ4n) is 1.22. The van der Waals surface area contributed by atoms with Crippen molar-refractivity contribution < 1.29 is 13.9 Å². The number of carbonyl (C=O) groups excluding carboxylic acids is 1. The van der Waals surface area contributed by atoms with Gasteiger partial charge in [-0.2, -0.15) is 4.39 Å². The van der Waals surface area contributed by atoms with E-state index in [1.807, 2.05) is 0 Å². The topological polar surface area (TPSA) is 81.2 Å². The van der Waals surface area contributed by atoms with Crippen LogP contribution in [0.1, 0.15) is 12.5 Å². The Morgan fingerprint density at radius 2 is 2.22 bits per heavy atom. The van der Waals surface area contributed by atoms with Gasteiger partial charge in [0, 0.05) is 18.3 Å². The van der Waals surface area contributed by atoms with E-state index in [4.69, 9.17) is 0 Å². The number of nitrogens with zero attached hydrogens (tertiary/aromatic N) is 1. The van der Waals surface area contributed by atoms with Gasteiger partial charge in [-0.25, -0.2) is 9.59 Å². The minimum absolute atomic E-state index is 0.0673. The van der Waals surface area contributed by atoms with Crippen molar-refractivity contribution in [1.82, 2.24) is 9.55 Å². The number of hydrogen-bond acceptors (Lipinski definition) is 4. The molecule has 7 heteroatoms. The minimum atomic E-state index is -1.08. The molecule has 1 heterocycles. The van der Waals surface area contributed by atoms with Crippen LogP contribution < -0.4 is 11.2 Å². The highest BCUT2D eigenvalue weighted by Gasteiger charge is 2.09. The maximum absolute atomic E-state index is 13.2. The Balaban J connectivity index is 2.90. The summed E-state index contributed by atoms with van der Waals surface area (Å²) in [6, 6.07) is 0. The number of halogens is 1. The van der Waals surface area contributed by atoms with Gasteiger partial charge in [-0.3, -0.25) is 14.3 Å². The van der Waals surface area contributed by atoms with Crippen LogP contribution in [0.5, 0.6) is 0 Å². The van der Waals surface area contributed by atoms with Crippen LogP contribution in [0.3, 0.4) is 0 Å². The van der Waals surface area contributed by atoms with Gasteiger partial charge in [-0.15, -0.1) is 0 Å². The van der Waals surface area contributed by atoms with Crippen LogP contribution >= 0.6 is 0 Å². The van der Waals surface area contributed by atoms with Crippen molar-refractivity contribution in [3.8, 4) is 0 Å². The Bertz CT molecular complexity index is 585. The molecule has 0 amide bonds. The fraction of sp³-hybridized carbons (Fsp3) is 0.364. The number of carbonyl (C=O) groups is 1. The lowest BCUT2D eigenvalue weighted by Gasteiger charge is -2.02. The molecule has 0 bridgehead atoms. The molecule has 0 radical (unpaired) electrons. The first-order chi connectivity index (χ1) is 8.45. The molecule has 1 rings (SSSR count). The predicted octanol–water partition coefficient (Wildman–Crippen LogP) is 0.262. The predicted molar refractivity (Wildman–Crippen MR) is 61.9 cm³/mol. The van der Waals surface area contributed by atoms with Gasteiger partial charge in [0.2, 0.25) is 5.83 Å².